The van der Waals surface area contributed by atoms with Crippen LogP contribution in [0.25, 0.3) is 11.0 Å². The summed E-state index contributed by atoms with van der Waals surface area (Å²) in [4.78, 5) is 16.4. The third-order valence-electron chi connectivity index (χ3n) is 3.68. The molecule has 0 unspecified atom stereocenters. The second-order valence-electron chi connectivity index (χ2n) is 5.40. The Hall–Kier alpha value is -1.54. The quantitative estimate of drug-likeness (QED) is 0.840. The zero-order valence-electron chi connectivity index (χ0n) is 12.2. The van der Waals surface area contributed by atoms with Crippen LogP contribution in [0.3, 0.4) is 0 Å². The van der Waals surface area contributed by atoms with Crippen molar-refractivity contribution in [3.05, 3.63) is 24.3 Å². The number of rotatable bonds is 4. The number of aromatic nitrogens is 2. The fourth-order valence-corrected chi connectivity index (χ4v) is 5.03. The van der Waals surface area contributed by atoms with Gasteiger partial charge < -0.3 is 9.88 Å². The second-order valence-corrected chi connectivity index (χ2v) is 8.57. The summed E-state index contributed by atoms with van der Waals surface area (Å²) in [5, 5.41) is 3.56. The van der Waals surface area contributed by atoms with E-state index in [0.29, 0.717) is 6.42 Å². The lowest BCUT2D eigenvalue weighted by Gasteiger charge is -2.10. The lowest BCUT2D eigenvalue weighted by Crippen LogP contribution is -2.36. The molecule has 1 aliphatic rings. The molecule has 6 nitrogen and oxygen atoms in total. The lowest BCUT2D eigenvalue weighted by molar-refractivity contribution is -0.119. The SMILES string of the molecule is Cn1c(SCC(=O)N[C@H]2CCS(=O)(=O)C2)nc2ccccc21. The van der Waals surface area contributed by atoms with Crippen molar-refractivity contribution in [1.82, 2.24) is 14.9 Å². The minimum absolute atomic E-state index is 0.0513. The molecule has 0 bridgehead atoms. The molecule has 0 spiro atoms. The lowest BCUT2D eigenvalue weighted by atomic mass is 10.3. The molecule has 1 aromatic heterocycles. The van der Waals surface area contributed by atoms with E-state index in [-0.39, 0.29) is 29.2 Å². The van der Waals surface area contributed by atoms with Gasteiger partial charge >= 0.3 is 0 Å². The van der Waals surface area contributed by atoms with Crippen LogP contribution in [-0.2, 0) is 21.7 Å². The molecule has 2 heterocycles. The smallest absolute Gasteiger partial charge is 0.230 e. The van der Waals surface area contributed by atoms with Gasteiger partial charge in [0.05, 0.1) is 28.3 Å². The van der Waals surface area contributed by atoms with Crippen molar-refractivity contribution in [2.24, 2.45) is 7.05 Å². The van der Waals surface area contributed by atoms with E-state index in [0.717, 1.165) is 16.2 Å². The fourth-order valence-electron chi connectivity index (χ4n) is 2.56. The maximum absolute atomic E-state index is 11.9. The highest BCUT2D eigenvalue weighted by Crippen LogP contribution is 2.22. The Morgan fingerprint density at radius 1 is 1.45 bits per heavy atom. The van der Waals surface area contributed by atoms with E-state index in [2.05, 4.69) is 10.3 Å². The largest absolute Gasteiger partial charge is 0.352 e. The van der Waals surface area contributed by atoms with Gasteiger partial charge in [-0.15, -0.1) is 0 Å². The van der Waals surface area contributed by atoms with Gasteiger partial charge in [-0.1, -0.05) is 23.9 Å². The molecule has 118 valence electrons. The normalized spacial score (nSPS) is 20.3. The Kier molecular flexibility index (Phi) is 4.14. The standard InChI is InChI=1S/C14H17N3O3S2/c1-17-12-5-3-2-4-11(12)16-14(17)21-8-13(18)15-10-6-7-22(19,20)9-10/h2-5,10H,6-9H2,1H3,(H,15,18)/t10-/m0/s1. The van der Waals surface area contributed by atoms with E-state index in [1.165, 1.54) is 11.8 Å². The third kappa shape index (κ3) is 3.27. The van der Waals surface area contributed by atoms with Gasteiger partial charge in [0.25, 0.3) is 0 Å². The van der Waals surface area contributed by atoms with E-state index in [1.54, 1.807) is 0 Å². The number of para-hydroxylation sites is 2. The van der Waals surface area contributed by atoms with Gasteiger partial charge in [-0.3, -0.25) is 4.79 Å². The maximum atomic E-state index is 11.9. The van der Waals surface area contributed by atoms with Gasteiger partial charge in [0.1, 0.15) is 0 Å². The number of imidazole rings is 1. The van der Waals surface area contributed by atoms with Crippen LogP contribution in [0.15, 0.2) is 29.4 Å². The zero-order valence-corrected chi connectivity index (χ0v) is 13.8. The molecule has 0 saturated carbocycles. The number of carbonyl (C=O) groups is 1. The average Bonchev–Trinajstić information content (AvgIpc) is 2.97. The van der Waals surface area contributed by atoms with Crippen LogP contribution in [0.1, 0.15) is 6.42 Å². The minimum Gasteiger partial charge on any atom is -0.352 e. The van der Waals surface area contributed by atoms with E-state index < -0.39 is 9.84 Å². The molecule has 8 heteroatoms. The Morgan fingerprint density at radius 3 is 2.91 bits per heavy atom. The van der Waals surface area contributed by atoms with Crippen molar-refractivity contribution in [2.45, 2.75) is 17.6 Å². The Bertz CT molecular complexity index is 814. The molecule has 0 aliphatic carbocycles. The highest BCUT2D eigenvalue weighted by molar-refractivity contribution is 7.99. The van der Waals surface area contributed by atoms with Crippen molar-refractivity contribution in [3.8, 4) is 0 Å². The number of amides is 1. The number of nitrogens with zero attached hydrogens (tertiary/aromatic N) is 2. The molecule has 1 aliphatic heterocycles. The van der Waals surface area contributed by atoms with Gasteiger partial charge in [-0.25, -0.2) is 13.4 Å². The minimum atomic E-state index is -2.97. The Balaban J connectivity index is 1.59. The van der Waals surface area contributed by atoms with Crippen molar-refractivity contribution in [1.29, 1.82) is 0 Å². The highest BCUT2D eigenvalue weighted by atomic mass is 32.2. The van der Waals surface area contributed by atoms with Crippen LogP contribution in [0.2, 0.25) is 0 Å². The third-order valence-corrected chi connectivity index (χ3v) is 6.47. The summed E-state index contributed by atoms with van der Waals surface area (Å²) in [5.74, 6) is 0.290. The second kappa shape index (κ2) is 5.92. The molecule has 1 amide bonds. The molecule has 1 aromatic carbocycles. The molecule has 0 radical (unpaired) electrons. The number of benzene rings is 1. The van der Waals surface area contributed by atoms with Gasteiger partial charge in [0, 0.05) is 13.1 Å². The number of fused-ring (bicyclic) bond motifs is 1. The van der Waals surface area contributed by atoms with E-state index in [1.807, 2.05) is 35.9 Å². The maximum Gasteiger partial charge on any atom is 0.230 e. The van der Waals surface area contributed by atoms with Gasteiger partial charge in [0.2, 0.25) is 5.91 Å². The molecule has 1 fully saturated rings. The first-order valence-corrected chi connectivity index (χ1v) is 9.79. The molecular formula is C14H17N3O3S2. The van der Waals surface area contributed by atoms with E-state index >= 15 is 0 Å². The first-order chi connectivity index (χ1) is 10.4. The number of thioether (sulfide) groups is 1. The summed E-state index contributed by atoms with van der Waals surface area (Å²) in [7, 11) is -1.05. The van der Waals surface area contributed by atoms with Crippen molar-refractivity contribution in [3.63, 3.8) is 0 Å². The molecule has 1 N–H and O–H groups in total. The van der Waals surface area contributed by atoms with Crippen LogP contribution in [0.4, 0.5) is 0 Å². The van der Waals surface area contributed by atoms with Crippen LogP contribution >= 0.6 is 11.8 Å². The summed E-state index contributed by atoms with van der Waals surface area (Å²) >= 11 is 1.35. The first kappa shape index (κ1) is 15.4. The molecule has 22 heavy (non-hydrogen) atoms. The van der Waals surface area contributed by atoms with Crippen molar-refractivity contribution in [2.75, 3.05) is 17.3 Å². The molecule has 3 rings (SSSR count). The van der Waals surface area contributed by atoms with Gasteiger partial charge in [-0.2, -0.15) is 0 Å². The van der Waals surface area contributed by atoms with Crippen molar-refractivity contribution >= 4 is 38.5 Å². The average molecular weight is 339 g/mol. The summed E-state index contributed by atoms with van der Waals surface area (Å²) in [6, 6.07) is 7.54. The fraction of sp³-hybridized carbons (Fsp3) is 0.429. The van der Waals surface area contributed by atoms with Crippen LogP contribution < -0.4 is 5.32 Å². The number of hydrogen-bond acceptors (Lipinski definition) is 5. The number of sulfone groups is 1. The number of hydrogen-bond donors (Lipinski definition) is 1. The molecular weight excluding hydrogens is 322 g/mol. The number of nitrogens with one attached hydrogen (secondary N) is 1. The predicted molar refractivity (Wildman–Crippen MR) is 86.6 cm³/mol. The summed E-state index contributed by atoms with van der Waals surface area (Å²) < 4.78 is 24.7. The Morgan fingerprint density at radius 2 is 2.23 bits per heavy atom. The van der Waals surface area contributed by atoms with E-state index in [9.17, 15) is 13.2 Å². The van der Waals surface area contributed by atoms with Gasteiger partial charge in [0.15, 0.2) is 15.0 Å². The van der Waals surface area contributed by atoms with Crippen LogP contribution in [-0.4, -0.2) is 47.2 Å². The monoisotopic (exact) mass is 339 g/mol. The van der Waals surface area contributed by atoms with Crippen LogP contribution in [0, 0.1) is 0 Å². The van der Waals surface area contributed by atoms with Gasteiger partial charge in [-0.05, 0) is 18.6 Å². The van der Waals surface area contributed by atoms with E-state index in [4.69, 9.17) is 0 Å². The number of aryl methyl sites for hydroxylation is 1. The zero-order chi connectivity index (χ0) is 15.7. The topological polar surface area (TPSA) is 81.1 Å². The summed E-state index contributed by atoms with van der Waals surface area (Å²) in [6.07, 6.45) is 0.505. The predicted octanol–water partition coefficient (Wildman–Crippen LogP) is 0.969. The molecule has 1 saturated heterocycles. The highest BCUT2D eigenvalue weighted by Gasteiger charge is 2.28. The summed E-state index contributed by atoms with van der Waals surface area (Å²) in [6.45, 7) is 0. The summed E-state index contributed by atoms with van der Waals surface area (Å²) in [5.41, 5.74) is 1.92. The van der Waals surface area contributed by atoms with Crippen LogP contribution in [0.5, 0.6) is 0 Å². The molecule has 1 atom stereocenters. The van der Waals surface area contributed by atoms with Crippen molar-refractivity contribution < 1.29 is 13.2 Å². The molecule has 2 aromatic rings. The number of carbonyl (C=O) groups excluding carboxylic acids is 1. The first-order valence-electron chi connectivity index (χ1n) is 6.99. The Labute approximate surface area is 133 Å².